The van der Waals surface area contributed by atoms with Crippen molar-refractivity contribution in [1.82, 2.24) is 0 Å². The van der Waals surface area contributed by atoms with Crippen LogP contribution in [0.1, 0.15) is 84.2 Å². The van der Waals surface area contributed by atoms with Crippen LogP contribution in [0.3, 0.4) is 0 Å². The van der Waals surface area contributed by atoms with Gasteiger partial charge in [-0.05, 0) is 12.8 Å². The van der Waals surface area contributed by atoms with E-state index in [1.807, 2.05) is 0 Å². The van der Waals surface area contributed by atoms with E-state index >= 15 is 0 Å². The van der Waals surface area contributed by atoms with E-state index in [1.54, 1.807) is 24.3 Å². The van der Waals surface area contributed by atoms with Crippen molar-refractivity contribution in [2.24, 2.45) is 0 Å². The van der Waals surface area contributed by atoms with Crippen LogP contribution < -0.4 is 10.6 Å². The van der Waals surface area contributed by atoms with E-state index in [4.69, 9.17) is 0 Å². The van der Waals surface area contributed by atoms with E-state index in [-0.39, 0.29) is 28.2 Å². The molecule has 0 heterocycles. The number of phenolic OH excluding ortho intramolecular Hbond substituents is 2. The maximum absolute atomic E-state index is 13.3. The summed E-state index contributed by atoms with van der Waals surface area (Å²) in [6.45, 7) is 5.39. The largest absolute Gasteiger partial charge is 0.504 e. The lowest BCUT2D eigenvalue weighted by Crippen LogP contribution is -2.24. The topological polar surface area (TPSA) is 98.7 Å². The molecule has 0 aromatic heterocycles. The van der Waals surface area contributed by atoms with Gasteiger partial charge in [0.2, 0.25) is 0 Å². The summed E-state index contributed by atoms with van der Waals surface area (Å²) in [5, 5.41) is 27.8. The van der Waals surface area contributed by atoms with Gasteiger partial charge in [-0.2, -0.15) is 0 Å². The predicted octanol–water partition coefficient (Wildman–Crippen LogP) is 5.08. The van der Waals surface area contributed by atoms with Crippen molar-refractivity contribution in [1.29, 1.82) is 0 Å². The first-order valence-corrected chi connectivity index (χ1v) is 10.8. The Kier molecular flexibility index (Phi) is 6.98. The maximum atomic E-state index is 13.3. The molecule has 1 aliphatic carbocycles. The molecule has 160 valence electrons. The molecule has 2 aromatic rings. The Hall–Kier alpha value is -3.02. The Morgan fingerprint density at radius 3 is 1.73 bits per heavy atom. The molecule has 6 heteroatoms. The van der Waals surface area contributed by atoms with Gasteiger partial charge >= 0.3 is 0 Å². The fraction of sp³-hybridized carbons (Fsp3) is 0.417. The van der Waals surface area contributed by atoms with Crippen LogP contribution in [-0.2, 0) is 0 Å². The molecule has 4 N–H and O–H groups in total. The van der Waals surface area contributed by atoms with Crippen LogP contribution in [0.5, 0.6) is 11.5 Å². The number of anilines is 2. The first kappa shape index (κ1) is 21.7. The fourth-order valence-corrected chi connectivity index (χ4v) is 3.85. The summed E-state index contributed by atoms with van der Waals surface area (Å²) < 4.78 is 0. The lowest BCUT2D eigenvalue weighted by atomic mass is 9.82. The summed E-state index contributed by atoms with van der Waals surface area (Å²) in [4.78, 5) is 26.4. The van der Waals surface area contributed by atoms with Crippen LogP contribution in [0.25, 0.3) is 0 Å². The molecule has 0 unspecified atom stereocenters. The molecule has 30 heavy (non-hydrogen) atoms. The Morgan fingerprint density at radius 2 is 1.20 bits per heavy atom. The van der Waals surface area contributed by atoms with E-state index in [2.05, 4.69) is 24.5 Å². The minimum Gasteiger partial charge on any atom is -0.504 e. The smallest absolute Gasteiger partial charge is 0.198 e. The Morgan fingerprint density at radius 1 is 0.700 bits per heavy atom. The fourth-order valence-electron chi connectivity index (χ4n) is 3.85. The van der Waals surface area contributed by atoms with Gasteiger partial charge in [-0.15, -0.1) is 0 Å². The standard InChI is InChI=1S/C24H30N2O4/c1-3-5-9-13-25-19-17-18(22(28)16-12-8-7-11-15(16)21(17)27)23(29)24(30)20(19)26-14-10-6-4-2/h7-8,11-12,25-26,29-30H,3-6,9-10,13-14H2,1-2H3. The molecule has 0 saturated carbocycles. The molecular weight excluding hydrogens is 380 g/mol. The number of rotatable bonds is 10. The Balaban J connectivity index is 2.11. The second kappa shape index (κ2) is 9.65. The molecule has 0 saturated heterocycles. The monoisotopic (exact) mass is 410 g/mol. The van der Waals surface area contributed by atoms with Crippen molar-refractivity contribution in [3.8, 4) is 11.5 Å². The van der Waals surface area contributed by atoms with Crippen molar-refractivity contribution >= 4 is 22.9 Å². The summed E-state index contributed by atoms with van der Waals surface area (Å²) in [7, 11) is 0. The van der Waals surface area contributed by atoms with E-state index in [1.165, 1.54) is 0 Å². The van der Waals surface area contributed by atoms with Gasteiger partial charge in [0.15, 0.2) is 23.1 Å². The highest BCUT2D eigenvalue weighted by molar-refractivity contribution is 6.32. The number of phenols is 2. The number of benzene rings is 2. The summed E-state index contributed by atoms with van der Waals surface area (Å²) in [6.07, 6.45) is 5.92. The minimum absolute atomic E-state index is 0.128. The number of ketones is 2. The van der Waals surface area contributed by atoms with E-state index < -0.39 is 17.3 Å². The summed E-state index contributed by atoms with van der Waals surface area (Å²) in [5.41, 5.74) is 1.22. The molecule has 2 aromatic carbocycles. The number of fused-ring (bicyclic) bond motifs is 2. The van der Waals surface area contributed by atoms with Crippen molar-refractivity contribution in [3.05, 3.63) is 46.5 Å². The zero-order valence-electron chi connectivity index (χ0n) is 17.7. The average Bonchev–Trinajstić information content (AvgIpc) is 2.76. The van der Waals surface area contributed by atoms with Gasteiger partial charge in [-0.3, -0.25) is 9.59 Å². The van der Waals surface area contributed by atoms with Crippen molar-refractivity contribution in [2.75, 3.05) is 23.7 Å². The molecule has 6 nitrogen and oxygen atoms in total. The van der Waals surface area contributed by atoms with Gasteiger partial charge in [0.1, 0.15) is 5.69 Å². The molecule has 0 spiro atoms. The van der Waals surface area contributed by atoms with Gasteiger partial charge in [-0.25, -0.2) is 0 Å². The summed E-state index contributed by atoms with van der Waals surface area (Å²) in [6, 6.07) is 6.59. The van der Waals surface area contributed by atoms with Gasteiger partial charge in [-0.1, -0.05) is 63.8 Å². The zero-order chi connectivity index (χ0) is 21.7. The summed E-state index contributed by atoms with van der Waals surface area (Å²) in [5.74, 6) is -1.73. The maximum Gasteiger partial charge on any atom is 0.198 e. The molecule has 1 aliphatic rings. The highest BCUT2D eigenvalue weighted by Crippen LogP contribution is 2.48. The first-order chi connectivity index (χ1) is 14.5. The minimum atomic E-state index is -0.546. The number of aromatic hydroxyl groups is 2. The highest BCUT2D eigenvalue weighted by Gasteiger charge is 2.37. The van der Waals surface area contributed by atoms with Crippen LogP contribution in [-0.4, -0.2) is 34.9 Å². The second-order valence-corrected chi connectivity index (χ2v) is 7.67. The third kappa shape index (κ3) is 3.99. The van der Waals surface area contributed by atoms with Crippen molar-refractivity contribution < 1.29 is 19.8 Å². The number of hydrogen-bond acceptors (Lipinski definition) is 6. The summed E-state index contributed by atoms with van der Waals surface area (Å²) >= 11 is 0. The molecule has 0 amide bonds. The third-order valence-electron chi connectivity index (χ3n) is 5.48. The molecule has 0 radical (unpaired) electrons. The number of hydrogen-bond donors (Lipinski definition) is 4. The molecular formula is C24H30N2O4. The number of carbonyl (C=O) groups excluding carboxylic acids is 2. The first-order valence-electron chi connectivity index (χ1n) is 10.8. The lowest BCUT2D eigenvalue weighted by molar-refractivity contribution is 0.0977. The van der Waals surface area contributed by atoms with Gasteiger partial charge in [0.05, 0.1) is 16.8 Å². The molecule has 0 fully saturated rings. The highest BCUT2D eigenvalue weighted by atomic mass is 16.3. The quantitative estimate of drug-likeness (QED) is 0.211. The predicted molar refractivity (Wildman–Crippen MR) is 119 cm³/mol. The average molecular weight is 411 g/mol. The van der Waals surface area contributed by atoms with Gasteiger partial charge in [0, 0.05) is 24.2 Å². The lowest BCUT2D eigenvalue weighted by Gasteiger charge is -2.25. The normalized spacial score (nSPS) is 12.5. The number of carbonyl (C=O) groups is 2. The molecule has 0 atom stereocenters. The van der Waals surface area contributed by atoms with E-state index in [0.29, 0.717) is 24.3 Å². The second-order valence-electron chi connectivity index (χ2n) is 7.67. The molecule has 0 bridgehead atoms. The molecule has 0 aliphatic heterocycles. The number of nitrogens with one attached hydrogen (secondary N) is 2. The van der Waals surface area contributed by atoms with Gasteiger partial charge < -0.3 is 20.8 Å². The van der Waals surface area contributed by atoms with Crippen LogP contribution in [0, 0.1) is 0 Å². The van der Waals surface area contributed by atoms with Crippen LogP contribution >= 0.6 is 0 Å². The number of unbranched alkanes of at least 4 members (excludes halogenated alkanes) is 4. The third-order valence-corrected chi connectivity index (χ3v) is 5.48. The van der Waals surface area contributed by atoms with Crippen molar-refractivity contribution in [3.63, 3.8) is 0 Å². The Bertz CT molecular complexity index is 953. The van der Waals surface area contributed by atoms with E-state index in [0.717, 1.165) is 38.5 Å². The van der Waals surface area contributed by atoms with Crippen LogP contribution in [0.15, 0.2) is 24.3 Å². The van der Waals surface area contributed by atoms with Crippen LogP contribution in [0.2, 0.25) is 0 Å². The Labute approximate surface area is 177 Å². The van der Waals surface area contributed by atoms with Gasteiger partial charge in [0.25, 0.3) is 0 Å². The van der Waals surface area contributed by atoms with Crippen LogP contribution in [0.4, 0.5) is 11.4 Å². The zero-order valence-corrected chi connectivity index (χ0v) is 17.7. The molecule has 3 rings (SSSR count). The SMILES string of the molecule is CCCCCNc1c(O)c(O)c2c(c1NCCCCC)C(=O)c1ccccc1C2=O. The van der Waals surface area contributed by atoms with Crippen molar-refractivity contribution in [2.45, 2.75) is 52.4 Å². The van der Waals surface area contributed by atoms with E-state index in [9.17, 15) is 19.8 Å².